The van der Waals surface area contributed by atoms with E-state index in [0.29, 0.717) is 16.5 Å². The molecule has 0 saturated heterocycles. The molecule has 8 nitrogen and oxygen atoms in total. The number of hydrogen-bond donors (Lipinski definition) is 1. The van der Waals surface area contributed by atoms with Crippen molar-refractivity contribution >= 4 is 44.8 Å². The molecule has 29 heavy (non-hydrogen) atoms. The summed E-state index contributed by atoms with van der Waals surface area (Å²) in [5, 5.41) is 3.12. The summed E-state index contributed by atoms with van der Waals surface area (Å²) in [6.07, 6.45) is 0. The van der Waals surface area contributed by atoms with E-state index in [9.17, 15) is 13.2 Å². The highest BCUT2D eigenvalue weighted by atomic mass is 35.5. The molecule has 1 amide bonds. The molecule has 0 aliphatic rings. The van der Waals surface area contributed by atoms with Gasteiger partial charge in [0.25, 0.3) is 0 Å². The fourth-order valence-electron chi connectivity index (χ4n) is 2.46. The predicted molar refractivity (Wildman–Crippen MR) is 111 cm³/mol. The number of nitrogens with one attached hydrogen (secondary N) is 1. The van der Waals surface area contributed by atoms with Gasteiger partial charge in [0, 0.05) is 24.2 Å². The topological polar surface area (TPSA) is 94.2 Å². The number of hydrogen-bond acceptors (Lipinski definition) is 6. The minimum Gasteiger partial charge on any atom is -0.495 e. The summed E-state index contributed by atoms with van der Waals surface area (Å²) in [6.45, 7) is -0.466. The second-order valence-corrected chi connectivity index (χ2v) is 8.65. The Balaban J connectivity index is 2.24. The second kappa shape index (κ2) is 9.53. The maximum absolute atomic E-state index is 12.9. The quantitative estimate of drug-likeness (QED) is 0.646. The Hall–Kier alpha value is -2.20. The number of rotatable bonds is 8. The summed E-state index contributed by atoms with van der Waals surface area (Å²) < 4.78 is 42.0. The van der Waals surface area contributed by atoms with Gasteiger partial charge in [0.2, 0.25) is 15.9 Å². The lowest BCUT2D eigenvalue weighted by molar-refractivity contribution is -0.116. The van der Waals surface area contributed by atoms with Crippen LogP contribution in [0.25, 0.3) is 0 Å². The van der Waals surface area contributed by atoms with Crippen molar-refractivity contribution in [3.63, 3.8) is 0 Å². The monoisotopic (exact) mass is 462 g/mol. The third-order valence-electron chi connectivity index (χ3n) is 3.93. The van der Waals surface area contributed by atoms with Crippen molar-refractivity contribution in [2.75, 3.05) is 40.2 Å². The molecule has 0 aromatic heterocycles. The molecule has 0 saturated carbocycles. The van der Waals surface area contributed by atoms with E-state index < -0.39 is 22.5 Å². The molecule has 1 N–H and O–H groups in total. The molecule has 2 rings (SSSR count). The van der Waals surface area contributed by atoms with Crippen LogP contribution in [0.1, 0.15) is 0 Å². The van der Waals surface area contributed by atoms with E-state index in [-0.39, 0.29) is 21.4 Å². The lowest BCUT2D eigenvalue weighted by Crippen LogP contribution is -2.35. The van der Waals surface area contributed by atoms with E-state index in [4.69, 9.17) is 37.4 Å². The lowest BCUT2D eigenvalue weighted by Gasteiger charge is -2.19. The Morgan fingerprint density at radius 3 is 2.21 bits per heavy atom. The first-order valence-electron chi connectivity index (χ1n) is 8.15. The Bertz CT molecular complexity index is 1010. The summed E-state index contributed by atoms with van der Waals surface area (Å²) >= 11 is 12.0. The van der Waals surface area contributed by atoms with E-state index in [1.165, 1.54) is 58.7 Å². The predicted octanol–water partition coefficient (Wildman–Crippen LogP) is 3.28. The number of halogens is 2. The molecule has 0 heterocycles. The van der Waals surface area contributed by atoms with Gasteiger partial charge in [0.15, 0.2) is 0 Å². The molecule has 11 heteroatoms. The largest absolute Gasteiger partial charge is 0.495 e. The Labute approximate surface area is 179 Å². The zero-order valence-electron chi connectivity index (χ0n) is 16.2. The van der Waals surface area contributed by atoms with Crippen LogP contribution in [-0.2, 0) is 14.8 Å². The number of carbonyl (C=O) groups excluding carboxylic acids is 1. The van der Waals surface area contributed by atoms with Gasteiger partial charge >= 0.3 is 0 Å². The van der Waals surface area contributed by atoms with Crippen LogP contribution in [0.15, 0.2) is 35.2 Å². The first-order chi connectivity index (χ1) is 13.6. The molecule has 0 atom stereocenters. The van der Waals surface area contributed by atoms with Crippen LogP contribution in [0.3, 0.4) is 0 Å². The molecule has 0 aliphatic heterocycles. The zero-order valence-corrected chi connectivity index (χ0v) is 18.5. The van der Waals surface area contributed by atoms with Crippen LogP contribution in [0, 0.1) is 0 Å². The summed E-state index contributed by atoms with van der Waals surface area (Å²) in [5.41, 5.74) is 0.282. The van der Waals surface area contributed by atoms with Gasteiger partial charge in [-0.25, -0.2) is 8.42 Å². The minimum absolute atomic E-state index is 0.116. The number of methoxy groups -OCH3 is 3. The van der Waals surface area contributed by atoms with Gasteiger partial charge in [-0.05, 0) is 18.2 Å². The molecular formula is C18H20Cl2N2O6S. The number of carbonyl (C=O) groups is 1. The van der Waals surface area contributed by atoms with Crippen LogP contribution >= 0.6 is 23.2 Å². The van der Waals surface area contributed by atoms with Crippen molar-refractivity contribution in [3.05, 3.63) is 40.4 Å². The highest BCUT2D eigenvalue weighted by Gasteiger charge is 2.27. The average molecular weight is 463 g/mol. The number of likely N-dealkylation sites (N-methyl/N-ethyl adjacent to an activating group) is 1. The third kappa shape index (κ3) is 5.24. The van der Waals surface area contributed by atoms with Crippen LogP contribution in [0.5, 0.6) is 17.2 Å². The van der Waals surface area contributed by atoms with E-state index in [0.717, 1.165) is 4.31 Å². The average Bonchev–Trinajstić information content (AvgIpc) is 2.68. The summed E-state index contributed by atoms with van der Waals surface area (Å²) in [7, 11) is 1.42. The summed E-state index contributed by atoms with van der Waals surface area (Å²) in [4.78, 5) is 12.3. The van der Waals surface area contributed by atoms with E-state index >= 15 is 0 Å². The Kier molecular flexibility index (Phi) is 7.59. The van der Waals surface area contributed by atoms with Crippen LogP contribution in [-0.4, -0.2) is 53.6 Å². The number of ether oxygens (including phenoxy) is 3. The maximum atomic E-state index is 12.9. The molecule has 0 bridgehead atoms. The van der Waals surface area contributed by atoms with Gasteiger partial charge in [0.1, 0.15) is 22.1 Å². The molecule has 0 radical (unpaired) electrons. The third-order valence-corrected chi connectivity index (χ3v) is 6.28. The van der Waals surface area contributed by atoms with Crippen molar-refractivity contribution in [2.45, 2.75) is 4.90 Å². The van der Waals surface area contributed by atoms with E-state index in [1.807, 2.05) is 0 Å². The molecule has 0 unspecified atom stereocenters. The fraction of sp³-hybridized carbons (Fsp3) is 0.278. The van der Waals surface area contributed by atoms with Crippen LogP contribution in [0.2, 0.25) is 10.0 Å². The highest BCUT2D eigenvalue weighted by Crippen LogP contribution is 2.36. The van der Waals surface area contributed by atoms with Gasteiger partial charge in [-0.1, -0.05) is 23.2 Å². The fourth-order valence-corrected chi connectivity index (χ4v) is 4.23. The molecular weight excluding hydrogens is 443 g/mol. The molecule has 2 aromatic carbocycles. The van der Waals surface area contributed by atoms with Gasteiger partial charge in [-0.15, -0.1) is 0 Å². The van der Waals surface area contributed by atoms with Crippen LogP contribution < -0.4 is 19.5 Å². The van der Waals surface area contributed by atoms with Gasteiger partial charge in [-0.2, -0.15) is 4.31 Å². The van der Waals surface area contributed by atoms with Crippen molar-refractivity contribution in [2.24, 2.45) is 0 Å². The number of benzene rings is 2. The van der Waals surface area contributed by atoms with Crippen LogP contribution in [0.4, 0.5) is 5.69 Å². The number of amides is 1. The Morgan fingerprint density at radius 1 is 1.00 bits per heavy atom. The second-order valence-electron chi connectivity index (χ2n) is 5.79. The minimum atomic E-state index is -4.04. The number of nitrogens with zero attached hydrogens (tertiary/aromatic N) is 1. The van der Waals surface area contributed by atoms with E-state index in [2.05, 4.69) is 5.32 Å². The molecule has 0 fully saturated rings. The van der Waals surface area contributed by atoms with Crippen molar-refractivity contribution in [1.82, 2.24) is 4.31 Å². The highest BCUT2D eigenvalue weighted by molar-refractivity contribution is 7.89. The van der Waals surface area contributed by atoms with Crippen molar-refractivity contribution in [1.29, 1.82) is 0 Å². The standard InChI is InChI=1S/C18H20Cl2N2O6S/c1-22(29(24,25)17-7-11(19)5-6-14(17)26-2)10-18(23)21-13-9-15(27-3)12(20)8-16(13)28-4/h5-9H,10H2,1-4H3,(H,21,23). The molecule has 158 valence electrons. The SMILES string of the molecule is COc1cc(NC(=O)CN(C)S(=O)(=O)c2cc(Cl)ccc2OC)c(OC)cc1Cl. The Morgan fingerprint density at radius 2 is 1.62 bits per heavy atom. The van der Waals surface area contributed by atoms with Crippen molar-refractivity contribution in [3.8, 4) is 17.2 Å². The molecule has 0 spiro atoms. The molecule has 0 aliphatic carbocycles. The van der Waals surface area contributed by atoms with Gasteiger partial charge < -0.3 is 19.5 Å². The van der Waals surface area contributed by atoms with E-state index in [1.54, 1.807) is 0 Å². The smallest absolute Gasteiger partial charge is 0.247 e. The summed E-state index contributed by atoms with van der Waals surface area (Å²) in [5.74, 6) is 0.143. The zero-order chi connectivity index (χ0) is 21.8. The normalized spacial score (nSPS) is 11.3. The first-order valence-corrected chi connectivity index (χ1v) is 10.3. The number of sulfonamides is 1. The van der Waals surface area contributed by atoms with Crippen molar-refractivity contribution < 1.29 is 27.4 Å². The summed E-state index contributed by atoms with van der Waals surface area (Å²) in [6, 6.07) is 7.17. The number of anilines is 1. The lowest BCUT2D eigenvalue weighted by atomic mass is 10.2. The molecule has 2 aromatic rings. The van der Waals surface area contributed by atoms with Gasteiger partial charge in [0.05, 0.1) is 38.6 Å². The maximum Gasteiger partial charge on any atom is 0.247 e. The van der Waals surface area contributed by atoms with Gasteiger partial charge in [-0.3, -0.25) is 4.79 Å². The first kappa shape index (κ1) is 23.1.